The predicted molar refractivity (Wildman–Crippen MR) is 118 cm³/mol. The number of unbranched alkanes of at least 4 members (excludes halogenated alkanes) is 3. The van der Waals surface area contributed by atoms with Crippen molar-refractivity contribution >= 4 is 29.6 Å². The molecule has 0 saturated carbocycles. The molecule has 0 radical (unpaired) electrons. The number of nitrogens with one attached hydrogen (secondary N) is 1. The average molecular weight is 422 g/mol. The summed E-state index contributed by atoms with van der Waals surface area (Å²) in [4.78, 5) is 38.4. The number of methoxy groups -OCH3 is 1. The van der Waals surface area contributed by atoms with E-state index < -0.39 is 17.8 Å². The number of hydrogen-bond donors (Lipinski definition) is 1. The zero-order valence-corrected chi connectivity index (χ0v) is 17.7. The molecule has 2 aromatic carbocycles. The van der Waals surface area contributed by atoms with Gasteiger partial charge in [-0.1, -0.05) is 38.3 Å². The van der Waals surface area contributed by atoms with Crippen molar-refractivity contribution in [3.63, 3.8) is 0 Å². The Labute approximate surface area is 181 Å². The lowest BCUT2D eigenvalue weighted by atomic mass is 10.1. The van der Waals surface area contributed by atoms with Crippen LogP contribution in [0.25, 0.3) is 6.08 Å². The summed E-state index contributed by atoms with van der Waals surface area (Å²) < 4.78 is 10.8. The Balaban J connectivity index is 1.73. The second kappa shape index (κ2) is 10.4. The van der Waals surface area contributed by atoms with Crippen molar-refractivity contribution in [1.29, 1.82) is 0 Å². The van der Waals surface area contributed by atoms with Gasteiger partial charge < -0.3 is 9.47 Å². The van der Waals surface area contributed by atoms with E-state index in [-0.39, 0.29) is 5.57 Å². The molecule has 2 aromatic rings. The van der Waals surface area contributed by atoms with Gasteiger partial charge in [-0.05, 0) is 54.5 Å². The largest absolute Gasteiger partial charge is 0.497 e. The Morgan fingerprint density at radius 2 is 1.58 bits per heavy atom. The van der Waals surface area contributed by atoms with Crippen LogP contribution in [0, 0.1) is 0 Å². The van der Waals surface area contributed by atoms with Crippen molar-refractivity contribution in [2.24, 2.45) is 0 Å². The number of carbonyl (C=O) groups excluding carboxylic acids is 3. The Morgan fingerprint density at radius 1 is 0.903 bits per heavy atom. The number of ether oxygens (including phenoxy) is 2. The lowest BCUT2D eigenvalue weighted by molar-refractivity contribution is -0.122. The van der Waals surface area contributed by atoms with Crippen molar-refractivity contribution in [2.45, 2.75) is 32.6 Å². The van der Waals surface area contributed by atoms with E-state index in [1.165, 1.54) is 26.0 Å². The Hall–Kier alpha value is -3.61. The quantitative estimate of drug-likeness (QED) is 0.370. The minimum Gasteiger partial charge on any atom is -0.497 e. The maximum atomic E-state index is 12.9. The van der Waals surface area contributed by atoms with Crippen molar-refractivity contribution < 1.29 is 23.9 Å². The average Bonchev–Trinajstić information content (AvgIpc) is 2.78. The molecule has 1 N–H and O–H groups in total. The molecule has 3 rings (SSSR count). The summed E-state index contributed by atoms with van der Waals surface area (Å²) in [6, 6.07) is 12.8. The lowest BCUT2D eigenvalue weighted by Crippen LogP contribution is -2.54. The Morgan fingerprint density at radius 3 is 2.23 bits per heavy atom. The molecule has 1 aliphatic heterocycles. The smallest absolute Gasteiger partial charge is 0.335 e. The van der Waals surface area contributed by atoms with Crippen LogP contribution in [0.4, 0.5) is 10.5 Å². The molecule has 1 saturated heterocycles. The van der Waals surface area contributed by atoms with Gasteiger partial charge in [0.2, 0.25) is 0 Å². The second-order valence-electron chi connectivity index (χ2n) is 7.13. The molecule has 1 aliphatic rings. The highest BCUT2D eigenvalue weighted by molar-refractivity contribution is 6.39. The van der Waals surface area contributed by atoms with E-state index in [0.717, 1.165) is 23.5 Å². The first-order valence-corrected chi connectivity index (χ1v) is 10.3. The molecule has 31 heavy (non-hydrogen) atoms. The van der Waals surface area contributed by atoms with Gasteiger partial charge in [-0.2, -0.15) is 0 Å². The Bertz CT molecular complexity index is 964. The number of benzene rings is 2. The normalized spacial score (nSPS) is 15.2. The molecule has 0 atom stereocenters. The van der Waals surface area contributed by atoms with Crippen molar-refractivity contribution in [2.75, 3.05) is 18.6 Å². The number of anilines is 1. The third-order valence-electron chi connectivity index (χ3n) is 4.89. The predicted octanol–water partition coefficient (Wildman–Crippen LogP) is 4.32. The minimum absolute atomic E-state index is 0.122. The maximum Gasteiger partial charge on any atom is 0.335 e. The van der Waals surface area contributed by atoms with E-state index in [0.29, 0.717) is 23.6 Å². The lowest BCUT2D eigenvalue weighted by Gasteiger charge is -2.26. The van der Waals surface area contributed by atoms with Gasteiger partial charge in [0.1, 0.15) is 17.1 Å². The summed E-state index contributed by atoms with van der Waals surface area (Å²) in [5.74, 6) is -0.0904. The molecule has 0 spiro atoms. The Kier molecular flexibility index (Phi) is 7.43. The van der Waals surface area contributed by atoms with Gasteiger partial charge in [-0.3, -0.25) is 14.9 Å². The number of nitrogens with zero attached hydrogens (tertiary/aromatic N) is 1. The summed E-state index contributed by atoms with van der Waals surface area (Å²) in [5.41, 5.74) is 0.873. The number of barbiturate groups is 1. The van der Waals surface area contributed by atoms with E-state index >= 15 is 0 Å². The molecule has 0 unspecified atom stereocenters. The molecule has 0 bridgehead atoms. The van der Waals surface area contributed by atoms with Crippen molar-refractivity contribution in [1.82, 2.24) is 5.32 Å². The van der Waals surface area contributed by atoms with Crippen LogP contribution in [-0.2, 0) is 9.59 Å². The van der Waals surface area contributed by atoms with Gasteiger partial charge >= 0.3 is 6.03 Å². The van der Waals surface area contributed by atoms with Crippen LogP contribution in [0.5, 0.6) is 11.5 Å². The number of urea groups is 1. The number of amides is 4. The second-order valence-corrected chi connectivity index (χ2v) is 7.13. The number of imide groups is 2. The molecule has 162 valence electrons. The monoisotopic (exact) mass is 422 g/mol. The van der Waals surface area contributed by atoms with Gasteiger partial charge in [0.05, 0.1) is 19.4 Å². The molecular weight excluding hydrogens is 396 g/mol. The summed E-state index contributed by atoms with van der Waals surface area (Å²) in [6.07, 6.45) is 5.98. The SMILES string of the molecule is CCCCCCOc1ccc(/C=C2\C(=O)NC(=O)N(c3ccc(OC)cc3)C2=O)cc1. The van der Waals surface area contributed by atoms with Gasteiger partial charge in [0.25, 0.3) is 11.8 Å². The molecule has 7 nitrogen and oxygen atoms in total. The summed E-state index contributed by atoms with van der Waals surface area (Å²) in [7, 11) is 1.52. The summed E-state index contributed by atoms with van der Waals surface area (Å²) >= 11 is 0. The fourth-order valence-electron chi connectivity index (χ4n) is 3.17. The molecule has 0 aromatic heterocycles. The molecule has 1 heterocycles. The molecule has 0 aliphatic carbocycles. The van der Waals surface area contributed by atoms with Crippen LogP contribution in [0.3, 0.4) is 0 Å². The van der Waals surface area contributed by atoms with Gasteiger partial charge in [-0.25, -0.2) is 9.69 Å². The van der Waals surface area contributed by atoms with E-state index in [4.69, 9.17) is 9.47 Å². The van der Waals surface area contributed by atoms with E-state index in [1.807, 2.05) is 0 Å². The minimum atomic E-state index is -0.788. The molecule has 7 heteroatoms. The maximum absolute atomic E-state index is 12.9. The van der Waals surface area contributed by atoms with Crippen LogP contribution in [-0.4, -0.2) is 31.6 Å². The van der Waals surface area contributed by atoms with Crippen LogP contribution in [0.2, 0.25) is 0 Å². The number of carbonyl (C=O) groups is 3. The van der Waals surface area contributed by atoms with E-state index in [9.17, 15) is 14.4 Å². The van der Waals surface area contributed by atoms with Gasteiger partial charge in [-0.15, -0.1) is 0 Å². The summed E-state index contributed by atoms with van der Waals surface area (Å²) in [5, 5.41) is 2.22. The first-order valence-electron chi connectivity index (χ1n) is 10.3. The van der Waals surface area contributed by atoms with Crippen molar-refractivity contribution in [3.05, 3.63) is 59.7 Å². The molecule has 1 fully saturated rings. The first kappa shape index (κ1) is 22.1. The van der Waals surface area contributed by atoms with Gasteiger partial charge in [0, 0.05) is 0 Å². The van der Waals surface area contributed by atoms with Crippen LogP contribution >= 0.6 is 0 Å². The first-order chi connectivity index (χ1) is 15.0. The highest BCUT2D eigenvalue weighted by Crippen LogP contribution is 2.24. The molecule has 4 amide bonds. The third kappa shape index (κ3) is 5.51. The zero-order valence-electron chi connectivity index (χ0n) is 17.7. The number of hydrogen-bond acceptors (Lipinski definition) is 5. The zero-order chi connectivity index (χ0) is 22.2. The highest BCUT2D eigenvalue weighted by atomic mass is 16.5. The number of rotatable bonds is 9. The topological polar surface area (TPSA) is 84.9 Å². The third-order valence-corrected chi connectivity index (χ3v) is 4.89. The van der Waals surface area contributed by atoms with Gasteiger partial charge in [0.15, 0.2) is 0 Å². The van der Waals surface area contributed by atoms with E-state index in [2.05, 4.69) is 12.2 Å². The van der Waals surface area contributed by atoms with Crippen molar-refractivity contribution in [3.8, 4) is 11.5 Å². The van der Waals surface area contributed by atoms with E-state index in [1.54, 1.807) is 48.5 Å². The highest BCUT2D eigenvalue weighted by Gasteiger charge is 2.36. The standard InChI is InChI=1S/C24H26N2O5/c1-3-4-5-6-15-31-20-11-7-17(8-12-20)16-21-22(27)25-24(29)26(23(21)28)18-9-13-19(30-2)14-10-18/h7-14,16H,3-6,15H2,1-2H3,(H,25,27,29)/b21-16+. The van der Waals surface area contributed by atoms with Crippen LogP contribution in [0.15, 0.2) is 54.1 Å². The fraction of sp³-hybridized carbons (Fsp3) is 0.292. The summed E-state index contributed by atoms with van der Waals surface area (Å²) in [6.45, 7) is 2.82. The fourth-order valence-corrected chi connectivity index (χ4v) is 3.17. The molecular formula is C24H26N2O5. The van der Waals surface area contributed by atoms with Crippen LogP contribution in [0.1, 0.15) is 38.2 Å². The van der Waals surface area contributed by atoms with Crippen LogP contribution < -0.4 is 19.7 Å².